The first-order chi connectivity index (χ1) is 14.2. The van der Waals surface area contributed by atoms with E-state index in [4.69, 9.17) is 4.74 Å². The number of rotatable bonds is 4. The summed E-state index contributed by atoms with van der Waals surface area (Å²) in [6.45, 7) is 3.80. The minimum Gasteiger partial charge on any atom is -0.497 e. The average Bonchev–Trinajstić information content (AvgIpc) is 3.05. The molecule has 3 aliphatic heterocycles. The summed E-state index contributed by atoms with van der Waals surface area (Å²) in [5, 5.41) is 1.09. The van der Waals surface area contributed by atoms with E-state index in [0.717, 1.165) is 54.8 Å². The number of piperidine rings is 1. The number of hydrogen-bond acceptors (Lipinski definition) is 3. The highest BCUT2D eigenvalue weighted by Gasteiger charge is 2.37. The molecule has 2 aromatic carbocycles. The predicted octanol–water partition coefficient (Wildman–Crippen LogP) is 3.91. The van der Waals surface area contributed by atoms with Gasteiger partial charge in [-0.05, 0) is 60.7 Å². The van der Waals surface area contributed by atoms with E-state index in [0.29, 0.717) is 12.0 Å². The second-order valence-electron chi connectivity index (χ2n) is 8.38. The number of fused-ring (bicyclic) bond motifs is 5. The molecule has 0 spiro atoms. The van der Waals surface area contributed by atoms with Gasteiger partial charge in [0, 0.05) is 54.9 Å². The summed E-state index contributed by atoms with van der Waals surface area (Å²) in [6.07, 6.45) is 4.23. The molecule has 150 valence electrons. The van der Waals surface area contributed by atoms with Gasteiger partial charge in [-0.3, -0.25) is 9.69 Å². The molecule has 0 aliphatic carbocycles. The smallest absolute Gasteiger partial charge is 0.254 e. The molecule has 4 heterocycles. The van der Waals surface area contributed by atoms with Crippen molar-refractivity contribution in [2.45, 2.75) is 25.4 Å². The van der Waals surface area contributed by atoms with Crippen LogP contribution in [0.1, 0.15) is 28.8 Å². The molecule has 5 heteroatoms. The minimum atomic E-state index is 0.175. The number of carbonyl (C=O) groups excluding carboxylic acids is 1. The molecule has 5 nitrogen and oxygen atoms in total. The van der Waals surface area contributed by atoms with Gasteiger partial charge in [0.05, 0.1) is 7.11 Å². The molecule has 0 saturated carbocycles. The molecule has 3 saturated heterocycles. The Balaban J connectivity index is 1.32. The Labute approximate surface area is 171 Å². The maximum atomic E-state index is 13.3. The van der Waals surface area contributed by atoms with Gasteiger partial charge in [0.1, 0.15) is 5.75 Å². The molecule has 6 rings (SSSR count). The Morgan fingerprint density at radius 1 is 1.07 bits per heavy atom. The van der Waals surface area contributed by atoms with Gasteiger partial charge >= 0.3 is 0 Å². The third-order valence-corrected chi connectivity index (χ3v) is 6.42. The molecule has 2 atom stereocenters. The monoisotopic (exact) mass is 389 g/mol. The lowest BCUT2D eigenvalue weighted by atomic mass is 9.94. The van der Waals surface area contributed by atoms with Crippen molar-refractivity contribution < 1.29 is 9.53 Å². The van der Waals surface area contributed by atoms with Gasteiger partial charge in [-0.2, -0.15) is 0 Å². The number of nitrogens with zero attached hydrogens (tertiary/aromatic N) is 2. The van der Waals surface area contributed by atoms with E-state index in [1.165, 1.54) is 12.0 Å². The Kier molecular flexibility index (Phi) is 4.76. The highest BCUT2D eigenvalue weighted by Crippen LogP contribution is 2.30. The Hall–Kier alpha value is -2.79. The fraction of sp³-hybridized carbons (Fsp3) is 0.375. The number of H-pyrrole nitrogens is 1. The number of ether oxygens (including phenoxy) is 1. The standard InChI is InChI=1S/C24H27N3O2/c1-29-22-7-3-17(4-8-22)13-26-14-18-2-6-21(16-26)27(15-18)24(28)20-5-9-23-19(12-20)10-11-25-23/h3-5,7-12,18,21,25H,2,6,13-16H2,1H3/t18-,21+/m0/s1. The summed E-state index contributed by atoms with van der Waals surface area (Å²) in [5.41, 5.74) is 3.17. The van der Waals surface area contributed by atoms with E-state index in [2.05, 4.69) is 26.9 Å². The van der Waals surface area contributed by atoms with Crippen LogP contribution in [0.25, 0.3) is 10.9 Å². The van der Waals surface area contributed by atoms with Crippen LogP contribution in [-0.2, 0) is 6.54 Å². The molecule has 3 aromatic rings. The maximum absolute atomic E-state index is 13.3. The molecule has 1 aromatic heterocycles. The van der Waals surface area contributed by atoms with Crippen molar-refractivity contribution in [1.29, 1.82) is 0 Å². The summed E-state index contributed by atoms with van der Waals surface area (Å²) < 4.78 is 5.27. The van der Waals surface area contributed by atoms with Crippen LogP contribution >= 0.6 is 0 Å². The Morgan fingerprint density at radius 2 is 1.93 bits per heavy atom. The van der Waals surface area contributed by atoms with Crippen molar-refractivity contribution in [2.75, 3.05) is 26.7 Å². The van der Waals surface area contributed by atoms with Crippen LogP contribution < -0.4 is 4.74 Å². The van der Waals surface area contributed by atoms with E-state index in [-0.39, 0.29) is 5.91 Å². The molecule has 2 bridgehead atoms. The van der Waals surface area contributed by atoms with Gasteiger partial charge in [-0.25, -0.2) is 0 Å². The quantitative estimate of drug-likeness (QED) is 0.736. The molecule has 3 fully saturated rings. The highest BCUT2D eigenvalue weighted by molar-refractivity contribution is 5.98. The van der Waals surface area contributed by atoms with E-state index in [9.17, 15) is 4.79 Å². The van der Waals surface area contributed by atoms with Gasteiger partial charge in [-0.15, -0.1) is 0 Å². The van der Waals surface area contributed by atoms with Gasteiger partial charge in [0.25, 0.3) is 5.91 Å². The zero-order valence-corrected chi connectivity index (χ0v) is 16.8. The normalized spacial score (nSPS) is 22.0. The molecule has 1 N–H and O–H groups in total. The van der Waals surface area contributed by atoms with E-state index in [1.54, 1.807) is 7.11 Å². The number of aromatic nitrogens is 1. The third-order valence-electron chi connectivity index (χ3n) is 6.42. The van der Waals surface area contributed by atoms with Gasteiger partial charge < -0.3 is 14.6 Å². The van der Waals surface area contributed by atoms with Crippen molar-refractivity contribution in [2.24, 2.45) is 5.92 Å². The molecule has 0 radical (unpaired) electrons. The number of methoxy groups -OCH3 is 1. The van der Waals surface area contributed by atoms with Crippen LogP contribution in [0.15, 0.2) is 54.7 Å². The minimum absolute atomic E-state index is 0.175. The topological polar surface area (TPSA) is 48.6 Å². The van der Waals surface area contributed by atoms with E-state index < -0.39 is 0 Å². The van der Waals surface area contributed by atoms with E-state index in [1.807, 2.05) is 42.6 Å². The van der Waals surface area contributed by atoms with Gasteiger partial charge in [0.15, 0.2) is 0 Å². The van der Waals surface area contributed by atoms with E-state index >= 15 is 0 Å². The average molecular weight is 389 g/mol. The Morgan fingerprint density at radius 3 is 2.76 bits per heavy atom. The first kappa shape index (κ1) is 18.3. The van der Waals surface area contributed by atoms with Crippen molar-refractivity contribution in [3.05, 3.63) is 65.9 Å². The summed E-state index contributed by atoms with van der Waals surface area (Å²) in [4.78, 5) is 21.2. The second-order valence-corrected chi connectivity index (χ2v) is 8.38. The van der Waals surface area contributed by atoms with Crippen LogP contribution in [0.2, 0.25) is 0 Å². The number of amides is 1. The number of aromatic amines is 1. The predicted molar refractivity (Wildman–Crippen MR) is 114 cm³/mol. The molecule has 1 amide bonds. The number of nitrogens with one attached hydrogen (secondary N) is 1. The van der Waals surface area contributed by atoms with Crippen LogP contribution in [0.5, 0.6) is 5.75 Å². The first-order valence-corrected chi connectivity index (χ1v) is 10.4. The summed E-state index contributed by atoms with van der Waals surface area (Å²) in [7, 11) is 1.70. The zero-order chi connectivity index (χ0) is 19.8. The maximum Gasteiger partial charge on any atom is 0.254 e. The third kappa shape index (κ3) is 3.62. The number of carbonyl (C=O) groups is 1. The SMILES string of the molecule is COc1ccc(CN2C[C@@H]3CC[C@H](C2)N(C(=O)c2ccc4[nH]ccc4c2)C3)cc1. The Bertz CT molecular complexity index is 1010. The lowest BCUT2D eigenvalue weighted by Gasteiger charge is -2.36. The van der Waals surface area contributed by atoms with Crippen molar-refractivity contribution in [3.8, 4) is 5.75 Å². The summed E-state index contributed by atoms with van der Waals surface area (Å²) >= 11 is 0. The van der Waals surface area contributed by atoms with Gasteiger partial charge in [0.2, 0.25) is 0 Å². The second kappa shape index (κ2) is 7.56. The number of benzene rings is 2. The molecular formula is C24H27N3O2. The van der Waals surface area contributed by atoms with Crippen LogP contribution in [0.4, 0.5) is 0 Å². The lowest BCUT2D eigenvalue weighted by Crippen LogP contribution is -2.47. The summed E-state index contributed by atoms with van der Waals surface area (Å²) in [6, 6.07) is 16.6. The zero-order valence-electron chi connectivity index (χ0n) is 16.8. The molecular weight excluding hydrogens is 362 g/mol. The molecule has 29 heavy (non-hydrogen) atoms. The van der Waals surface area contributed by atoms with Crippen molar-refractivity contribution in [1.82, 2.24) is 14.8 Å². The molecule has 3 aliphatic rings. The van der Waals surface area contributed by atoms with Crippen LogP contribution in [0, 0.1) is 5.92 Å². The van der Waals surface area contributed by atoms with Crippen molar-refractivity contribution in [3.63, 3.8) is 0 Å². The van der Waals surface area contributed by atoms with Crippen LogP contribution in [-0.4, -0.2) is 53.5 Å². The molecule has 0 unspecified atom stereocenters. The summed E-state index contributed by atoms with van der Waals surface area (Å²) in [5.74, 6) is 1.61. The highest BCUT2D eigenvalue weighted by atomic mass is 16.5. The van der Waals surface area contributed by atoms with Gasteiger partial charge in [-0.1, -0.05) is 12.1 Å². The fourth-order valence-corrected chi connectivity index (χ4v) is 4.90. The first-order valence-electron chi connectivity index (χ1n) is 10.4. The lowest BCUT2D eigenvalue weighted by molar-refractivity contribution is 0.0585. The number of hydrogen-bond donors (Lipinski definition) is 1. The fourth-order valence-electron chi connectivity index (χ4n) is 4.90. The van der Waals surface area contributed by atoms with Crippen LogP contribution in [0.3, 0.4) is 0 Å². The van der Waals surface area contributed by atoms with Crippen molar-refractivity contribution >= 4 is 16.8 Å². The largest absolute Gasteiger partial charge is 0.497 e.